The number of benzene rings is 1. The summed E-state index contributed by atoms with van der Waals surface area (Å²) in [7, 11) is 0. The summed E-state index contributed by atoms with van der Waals surface area (Å²) in [5.74, 6) is -1.50. The minimum absolute atomic E-state index is 0.00566. The van der Waals surface area contributed by atoms with E-state index in [-0.39, 0.29) is 43.1 Å². The second-order valence-electron chi connectivity index (χ2n) is 8.36. The lowest BCUT2D eigenvalue weighted by atomic mass is 9.94. The zero-order chi connectivity index (χ0) is 23.4. The molecular weight excluding hydrogens is 442 g/mol. The Morgan fingerprint density at radius 3 is 2.42 bits per heavy atom. The molecule has 174 valence electrons. The largest absolute Gasteiger partial charge is 0.453 e. The number of ether oxygens (including phenoxy) is 1. The smallest absolute Gasteiger partial charge is 0.306 e. The number of fused-ring (bicyclic) bond motifs is 1. The number of aromatic nitrogens is 1. The summed E-state index contributed by atoms with van der Waals surface area (Å²) in [5, 5.41) is 2.45. The van der Waals surface area contributed by atoms with E-state index in [2.05, 4.69) is 4.98 Å². The molecule has 4 rings (SSSR count). The van der Waals surface area contributed by atoms with E-state index in [1.54, 1.807) is 42.3 Å². The van der Waals surface area contributed by atoms with Crippen LogP contribution in [0.1, 0.15) is 72.6 Å². The third-order valence-electron chi connectivity index (χ3n) is 6.10. The highest BCUT2D eigenvalue weighted by Gasteiger charge is 2.35. The van der Waals surface area contributed by atoms with Gasteiger partial charge >= 0.3 is 5.97 Å². The molecule has 0 spiro atoms. The Labute approximate surface area is 196 Å². The van der Waals surface area contributed by atoms with Gasteiger partial charge in [0.25, 0.3) is 17.7 Å². The number of hydrogen-bond acceptors (Lipinski definition) is 7. The average molecular weight is 470 g/mol. The first-order chi connectivity index (χ1) is 16.0. The van der Waals surface area contributed by atoms with Crippen LogP contribution in [-0.4, -0.2) is 52.3 Å². The summed E-state index contributed by atoms with van der Waals surface area (Å²) in [6.07, 6.45) is 6.10. The van der Waals surface area contributed by atoms with Crippen molar-refractivity contribution in [3.8, 4) is 0 Å². The Balaban J connectivity index is 1.30. The minimum Gasteiger partial charge on any atom is -0.453 e. The first kappa shape index (κ1) is 23.1. The standard InChI is InChI=1S/C24H27N3O5S/c1-16(21(29)27(24-25-13-15-33-24)17-8-3-2-4-9-17)32-20(28)12-7-14-26-22(30)18-10-5-6-11-19(18)23(26)31/h5-6,10-11,13,15-17H,2-4,7-9,12,14H2,1H3. The maximum Gasteiger partial charge on any atom is 0.306 e. The maximum absolute atomic E-state index is 13.2. The van der Waals surface area contributed by atoms with Crippen LogP contribution in [0.3, 0.4) is 0 Å². The van der Waals surface area contributed by atoms with Gasteiger partial charge in [-0.25, -0.2) is 4.98 Å². The van der Waals surface area contributed by atoms with E-state index in [9.17, 15) is 19.2 Å². The molecule has 1 aromatic heterocycles. The molecule has 1 saturated carbocycles. The number of hydrogen-bond donors (Lipinski definition) is 0. The predicted molar refractivity (Wildman–Crippen MR) is 123 cm³/mol. The number of carbonyl (C=O) groups excluding carboxylic acids is 4. The van der Waals surface area contributed by atoms with Gasteiger partial charge in [0, 0.05) is 30.6 Å². The number of rotatable bonds is 8. The van der Waals surface area contributed by atoms with Crippen molar-refractivity contribution in [2.75, 3.05) is 11.4 Å². The van der Waals surface area contributed by atoms with Crippen LogP contribution >= 0.6 is 11.3 Å². The molecule has 0 saturated heterocycles. The highest BCUT2D eigenvalue weighted by Crippen LogP contribution is 2.30. The molecule has 2 heterocycles. The Morgan fingerprint density at radius 1 is 1.15 bits per heavy atom. The highest BCUT2D eigenvalue weighted by atomic mass is 32.1. The van der Waals surface area contributed by atoms with E-state index in [1.807, 2.05) is 5.38 Å². The second kappa shape index (κ2) is 10.2. The van der Waals surface area contributed by atoms with Crippen molar-refractivity contribution >= 4 is 40.2 Å². The zero-order valence-corrected chi connectivity index (χ0v) is 19.4. The van der Waals surface area contributed by atoms with Gasteiger partial charge in [0.05, 0.1) is 11.1 Å². The topological polar surface area (TPSA) is 96.9 Å². The summed E-state index contributed by atoms with van der Waals surface area (Å²) in [4.78, 5) is 57.6. The van der Waals surface area contributed by atoms with Crippen LogP contribution in [0.4, 0.5) is 5.13 Å². The maximum atomic E-state index is 13.2. The SMILES string of the molecule is CC(OC(=O)CCCN1C(=O)c2ccccc2C1=O)C(=O)N(c1nccs1)C1CCCCC1. The van der Waals surface area contributed by atoms with E-state index in [0.29, 0.717) is 16.3 Å². The Hall–Kier alpha value is -3.07. The van der Waals surface area contributed by atoms with Gasteiger partial charge in [-0.05, 0) is 38.3 Å². The molecule has 1 aromatic carbocycles. The van der Waals surface area contributed by atoms with Crippen molar-refractivity contribution in [2.24, 2.45) is 0 Å². The third-order valence-corrected chi connectivity index (χ3v) is 6.87. The quantitative estimate of drug-likeness (QED) is 0.431. The first-order valence-corrected chi connectivity index (χ1v) is 12.2. The first-order valence-electron chi connectivity index (χ1n) is 11.3. The van der Waals surface area contributed by atoms with Crippen molar-refractivity contribution in [3.05, 3.63) is 47.0 Å². The molecule has 0 N–H and O–H groups in total. The molecule has 9 heteroatoms. The molecule has 1 aliphatic carbocycles. The molecule has 1 unspecified atom stereocenters. The summed E-state index contributed by atoms with van der Waals surface area (Å²) in [5.41, 5.74) is 0.767. The monoisotopic (exact) mass is 469 g/mol. The van der Waals surface area contributed by atoms with E-state index in [1.165, 1.54) is 11.3 Å². The lowest BCUT2D eigenvalue weighted by Gasteiger charge is -2.33. The van der Waals surface area contributed by atoms with Crippen molar-refractivity contribution < 1.29 is 23.9 Å². The van der Waals surface area contributed by atoms with Gasteiger partial charge in [0.15, 0.2) is 11.2 Å². The molecule has 3 amide bonds. The van der Waals surface area contributed by atoms with Gasteiger partial charge in [0.1, 0.15) is 0 Å². The highest BCUT2D eigenvalue weighted by molar-refractivity contribution is 7.13. The lowest BCUT2D eigenvalue weighted by Crippen LogP contribution is -2.47. The molecular formula is C24H27N3O5S. The van der Waals surface area contributed by atoms with Crippen LogP contribution in [0.15, 0.2) is 35.8 Å². The van der Waals surface area contributed by atoms with Gasteiger partial charge in [-0.2, -0.15) is 0 Å². The predicted octanol–water partition coefficient (Wildman–Crippen LogP) is 3.82. The molecule has 1 atom stereocenters. The second-order valence-corrected chi connectivity index (χ2v) is 9.23. The number of thiazole rings is 1. The summed E-state index contributed by atoms with van der Waals surface area (Å²) < 4.78 is 5.42. The van der Waals surface area contributed by atoms with Gasteiger partial charge in [-0.1, -0.05) is 31.4 Å². The van der Waals surface area contributed by atoms with Gasteiger partial charge in [0.2, 0.25) is 0 Å². The summed E-state index contributed by atoms with van der Waals surface area (Å²) >= 11 is 1.40. The van der Waals surface area contributed by atoms with Crippen molar-refractivity contribution in [1.29, 1.82) is 0 Å². The van der Waals surface area contributed by atoms with Crippen LogP contribution in [0.2, 0.25) is 0 Å². The number of carbonyl (C=O) groups is 4. The fourth-order valence-corrected chi connectivity index (χ4v) is 5.15. The number of esters is 1. The molecule has 0 radical (unpaired) electrons. The average Bonchev–Trinajstić information content (AvgIpc) is 3.43. The van der Waals surface area contributed by atoms with Gasteiger partial charge < -0.3 is 4.74 Å². The van der Waals surface area contributed by atoms with Crippen LogP contribution < -0.4 is 4.90 Å². The Kier molecular flexibility index (Phi) is 7.17. The number of imide groups is 1. The van der Waals surface area contributed by atoms with E-state index >= 15 is 0 Å². The Morgan fingerprint density at radius 2 is 1.82 bits per heavy atom. The number of nitrogens with zero attached hydrogens (tertiary/aromatic N) is 3. The third kappa shape index (κ3) is 4.98. The molecule has 2 aliphatic rings. The lowest BCUT2D eigenvalue weighted by molar-refractivity contribution is -0.154. The molecule has 33 heavy (non-hydrogen) atoms. The fourth-order valence-electron chi connectivity index (χ4n) is 4.43. The molecule has 2 aromatic rings. The molecule has 8 nitrogen and oxygen atoms in total. The normalized spacial score (nSPS) is 17.1. The van der Waals surface area contributed by atoms with Gasteiger partial charge in [-0.15, -0.1) is 11.3 Å². The van der Waals surface area contributed by atoms with Crippen LogP contribution in [-0.2, 0) is 14.3 Å². The zero-order valence-electron chi connectivity index (χ0n) is 18.6. The minimum atomic E-state index is -0.942. The van der Waals surface area contributed by atoms with Crippen LogP contribution in [0.25, 0.3) is 0 Å². The van der Waals surface area contributed by atoms with E-state index in [4.69, 9.17) is 4.74 Å². The summed E-state index contributed by atoms with van der Waals surface area (Å²) in [6.45, 7) is 1.70. The Bertz CT molecular complexity index is 997. The molecule has 1 fully saturated rings. The van der Waals surface area contributed by atoms with E-state index < -0.39 is 12.1 Å². The number of amides is 3. The van der Waals surface area contributed by atoms with E-state index in [0.717, 1.165) is 37.0 Å². The fraction of sp³-hybridized carbons (Fsp3) is 0.458. The van der Waals surface area contributed by atoms with Crippen LogP contribution in [0, 0.1) is 0 Å². The number of anilines is 1. The van der Waals surface area contributed by atoms with Crippen molar-refractivity contribution in [3.63, 3.8) is 0 Å². The molecule has 1 aliphatic heterocycles. The van der Waals surface area contributed by atoms with Crippen molar-refractivity contribution in [2.45, 2.75) is 64.0 Å². The van der Waals surface area contributed by atoms with Gasteiger partial charge in [-0.3, -0.25) is 29.0 Å². The van der Waals surface area contributed by atoms with Crippen LogP contribution in [0.5, 0.6) is 0 Å². The summed E-state index contributed by atoms with van der Waals surface area (Å²) in [6, 6.07) is 6.74. The van der Waals surface area contributed by atoms with Crippen molar-refractivity contribution in [1.82, 2.24) is 9.88 Å². The molecule has 0 bridgehead atoms.